The van der Waals surface area contributed by atoms with E-state index in [-0.39, 0.29) is 18.2 Å². The maximum Gasteiger partial charge on any atom is 0.243 e. The largest absolute Gasteiger partial charge is 0.490 e. The molecule has 2 amide bonds. The molecule has 0 radical (unpaired) electrons. The van der Waals surface area contributed by atoms with E-state index in [9.17, 15) is 9.59 Å². The number of aryl methyl sites for hydroxylation is 1. The van der Waals surface area contributed by atoms with Gasteiger partial charge in [-0.05, 0) is 67.1 Å². The Labute approximate surface area is 247 Å². The molecule has 3 aromatic rings. The number of benzene rings is 3. The molecule has 214 valence electrons. The van der Waals surface area contributed by atoms with E-state index in [1.807, 2.05) is 86.6 Å². The van der Waals surface area contributed by atoms with E-state index in [1.165, 1.54) is 0 Å². The summed E-state index contributed by atoms with van der Waals surface area (Å²) >= 11 is 3.49. The number of hydrogen-bond donors (Lipinski definition) is 1. The molecule has 1 atom stereocenters. The number of halogens is 1. The smallest absolute Gasteiger partial charge is 0.243 e. The van der Waals surface area contributed by atoms with Gasteiger partial charge in [0.15, 0.2) is 11.5 Å². The van der Waals surface area contributed by atoms with Crippen LogP contribution in [0.15, 0.2) is 77.3 Å². The maximum atomic E-state index is 13.9. The number of ether oxygens (including phenoxy) is 2. The fourth-order valence-corrected chi connectivity index (χ4v) is 4.67. The zero-order valence-electron chi connectivity index (χ0n) is 24.0. The SMILES string of the molecule is CCOc1ccc(CCC(=O)N(Cc2ccc(Br)cc2)[C@H](Cc2ccccc2)C(=O)NCC(C)C)cc1OCC. The second kappa shape index (κ2) is 16.1. The van der Waals surface area contributed by atoms with E-state index in [4.69, 9.17) is 9.47 Å². The molecule has 1 N–H and O–H groups in total. The van der Waals surface area contributed by atoms with Gasteiger partial charge in [-0.1, -0.05) is 78.3 Å². The predicted molar refractivity (Wildman–Crippen MR) is 164 cm³/mol. The third-order valence-electron chi connectivity index (χ3n) is 6.46. The van der Waals surface area contributed by atoms with Crippen molar-refractivity contribution in [3.63, 3.8) is 0 Å². The first-order chi connectivity index (χ1) is 19.3. The van der Waals surface area contributed by atoms with Crippen molar-refractivity contribution in [1.29, 1.82) is 0 Å². The molecule has 0 saturated heterocycles. The monoisotopic (exact) mass is 608 g/mol. The van der Waals surface area contributed by atoms with Crippen LogP contribution >= 0.6 is 15.9 Å². The van der Waals surface area contributed by atoms with Crippen LogP contribution in [-0.4, -0.2) is 42.5 Å². The van der Waals surface area contributed by atoms with Gasteiger partial charge >= 0.3 is 0 Å². The Hall–Kier alpha value is -3.32. The minimum Gasteiger partial charge on any atom is -0.490 e. The highest BCUT2D eigenvalue weighted by molar-refractivity contribution is 9.10. The average Bonchev–Trinajstić information content (AvgIpc) is 2.95. The highest BCUT2D eigenvalue weighted by Crippen LogP contribution is 2.29. The van der Waals surface area contributed by atoms with Gasteiger partial charge in [0.05, 0.1) is 13.2 Å². The van der Waals surface area contributed by atoms with Gasteiger partial charge in [0.1, 0.15) is 6.04 Å². The van der Waals surface area contributed by atoms with E-state index in [2.05, 4.69) is 35.1 Å². The first-order valence-corrected chi connectivity index (χ1v) is 14.8. The summed E-state index contributed by atoms with van der Waals surface area (Å²) in [6.07, 6.45) is 1.22. The van der Waals surface area contributed by atoms with Gasteiger partial charge in [-0.15, -0.1) is 0 Å². The maximum absolute atomic E-state index is 13.9. The Morgan fingerprint density at radius 2 is 1.50 bits per heavy atom. The Kier molecular flexibility index (Phi) is 12.5. The van der Waals surface area contributed by atoms with Crippen LogP contribution in [0.3, 0.4) is 0 Å². The van der Waals surface area contributed by atoms with E-state index in [1.54, 1.807) is 4.90 Å². The molecule has 0 bridgehead atoms. The van der Waals surface area contributed by atoms with Gasteiger partial charge in [-0.2, -0.15) is 0 Å². The van der Waals surface area contributed by atoms with Crippen molar-refractivity contribution in [3.05, 3.63) is 94.0 Å². The van der Waals surface area contributed by atoms with Crippen LogP contribution in [0.4, 0.5) is 0 Å². The molecule has 40 heavy (non-hydrogen) atoms. The fourth-order valence-electron chi connectivity index (χ4n) is 4.41. The standard InChI is InChI=1S/C33H41BrN2O4/c1-5-39-30-18-14-26(21-31(30)40-6-2)15-19-32(37)36(23-27-12-16-28(34)17-13-27)29(33(38)35-22-24(3)4)20-25-10-8-7-9-11-25/h7-14,16-18,21,24,29H,5-6,15,19-20,22-23H2,1-4H3,(H,35,38)/t29-/m1/s1. The molecule has 0 heterocycles. The summed E-state index contributed by atoms with van der Waals surface area (Å²) < 4.78 is 12.4. The lowest BCUT2D eigenvalue weighted by molar-refractivity contribution is -0.141. The molecule has 0 spiro atoms. The van der Waals surface area contributed by atoms with Crippen LogP contribution in [0, 0.1) is 5.92 Å². The molecule has 0 unspecified atom stereocenters. The molecule has 0 aliphatic rings. The molecule has 3 aromatic carbocycles. The summed E-state index contributed by atoms with van der Waals surface area (Å²) in [5.41, 5.74) is 2.95. The summed E-state index contributed by atoms with van der Waals surface area (Å²) in [5, 5.41) is 3.08. The highest BCUT2D eigenvalue weighted by Gasteiger charge is 2.30. The van der Waals surface area contributed by atoms with Crippen LogP contribution in [0.5, 0.6) is 11.5 Å². The van der Waals surface area contributed by atoms with Gasteiger partial charge < -0.3 is 19.7 Å². The van der Waals surface area contributed by atoms with Gasteiger partial charge in [-0.25, -0.2) is 0 Å². The first kappa shape index (κ1) is 31.2. The van der Waals surface area contributed by atoms with Crippen LogP contribution in [0.2, 0.25) is 0 Å². The van der Waals surface area contributed by atoms with Gasteiger partial charge in [0.25, 0.3) is 0 Å². The first-order valence-electron chi connectivity index (χ1n) is 14.0. The number of carbonyl (C=O) groups is 2. The minimum absolute atomic E-state index is 0.0737. The van der Waals surface area contributed by atoms with Crippen molar-refractivity contribution >= 4 is 27.7 Å². The van der Waals surface area contributed by atoms with Crippen molar-refractivity contribution in [2.75, 3.05) is 19.8 Å². The predicted octanol–water partition coefficient (Wildman–Crippen LogP) is 6.59. The van der Waals surface area contributed by atoms with Crippen molar-refractivity contribution in [3.8, 4) is 11.5 Å². The molecule has 7 heteroatoms. The van der Waals surface area contributed by atoms with Crippen LogP contribution < -0.4 is 14.8 Å². The third-order valence-corrected chi connectivity index (χ3v) is 6.99. The fraction of sp³-hybridized carbons (Fsp3) is 0.394. The quantitative estimate of drug-likeness (QED) is 0.211. The lowest BCUT2D eigenvalue weighted by Crippen LogP contribution is -2.51. The zero-order valence-corrected chi connectivity index (χ0v) is 25.6. The van der Waals surface area contributed by atoms with Crippen LogP contribution in [0.1, 0.15) is 50.8 Å². The lowest BCUT2D eigenvalue weighted by Gasteiger charge is -2.32. The normalized spacial score (nSPS) is 11.7. The van der Waals surface area contributed by atoms with Crippen LogP contribution in [-0.2, 0) is 29.0 Å². The summed E-state index contributed by atoms with van der Waals surface area (Å²) in [6, 6.07) is 22.9. The molecule has 3 rings (SSSR count). The van der Waals surface area contributed by atoms with Crippen molar-refractivity contribution in [2.45, 2.75) is 59.5 Å². The zero-order chi connectivity index (χ0) is 28.9. The van der Waals surface area contributed by atoms with Crippen molar-refractivity contribution in [2.24, 2.45) is 5.92 Å². The van der Waals surface area contributed by atoms with E-state index < -0.39 is 6.04 Å². The van der Waals surface area contributed by atoms with Crippen LogP contribution in [0.25, 0.3) is 0 Å². The van der Waals surface area contributed by atoms with Crippen molar-refractivity contribution in [1.82, 2.24) is 10.2 Å². The molecular formula is C33H41BrN2O4. The molecule has 0 aliphatic heterocycles. The number of rotatable bonds is 15. The third kappa shape index (κ3) is 9.70. The number of amides is 2. The Balaban J connectivity index is 1.89. The van der Waals surface area contributed by atoms with E-state index >= 15 is 0 Å². The summed E-state index contributed by atoms with van der Waals surface area (Å²) in [5.74, 6) is 1.46. The summed E-state index contributed by atoms with van der Waals surface area (Å²) in [6.45, 7) is 9.95. The number of hydrogen-bond acceptors (Lipinski definition) is 4. The average molecular weight is 610 g/mol. The molecule has 0 fully saturated rings. The molecule has 0 aliphatic carbocycles. The van der Waals surface area contributed by atoms with E-state index in [0.717, 1.165) is 21.2 Å². The Morgan fingerprint density at radius 3 is 2.15 bits per heavy atom. The minimum atomic E-state index is -0.642. The molecule has 6 nitrogen and oxygen atoms in total. The molecular weight excluding hydrogens is 568 g/mol. The molecule has 0 aromatic heterocycles. The summed E-state index contributed by atoms with van der Waals surface area (Å²) in [7, 11) is 0. The number of nitrogens with one attached hydrogen (secondary N) is 1. The Morgan fingerprint density at radius 1 is 0.850 bits per heavy atom. The van der Waals surface area contributed by atoms with Gasteiger partial charge in [0, 0.05) is 30.4 Å². The summed E-state index contributed by atoms with van der Waals surface area (Å²) in [4.78, 5) is 29.3. The number of carbonyl (C=O) groups excluding carboxylic acids is 2. The lowest BCUT2D eigenvalue weighted by atomic mass is 10.0. The topological polar surface area (TPSA) is 67.9 Å². The second-order valence-corrected chi connectivity index (χ2v) is 11.1. The van der Waals surface area contributed by atoms with Gasteiger partial charge in [0.2, 0.25) is 11.8 Å². The van der Waals surface area contributed by atoms with Gasteiger partial charge in [-0.3, -0.25) is 9.59 Å². The Bertz CT molecular complexity index is 1210. The number of nitrogens with zero attached hydrogens (tertiary/aromatic N) is 1. The van der Waals surface area contributed by atoms with Crippen molar-refractivity contribution < 1.29 is 19.1 Å². The highest BCUT2D eigenvalue weighted by atomic mass is 79.9. The molecule has 0 saturated carbocycles. The van der Waals surface area contributed by atoms with E-state index in [0.29, 0.717) is 56.6 Å². The second-order valence-electron chi connectivity index (χ2n) is 10.1.